The van der Waals surface area contributed by atoms with E-state index in [9.17, 15) is 0 Å². The van der Waals surface area contributed by atoms with Gasteiger partial charge in [-0.15, -0.1) is 0 Å². The molecule has 0 bridgehead atoms. The standard InChI is InChI=1S/C8H15N5O/c1-2-6(5-14)11-7-3-10-4-8(12-7)13-9/h3-4,6,14H,2,5,9H2,1H3,(H2,11,12,13). The first-order valence-corrected chi connectivity index (χ1v) is 4.46. The van der Waals surface area contributed by atoms with Crippen LogP contribution in [0.5, 0.6) is 0 Å². The van der Waals surface area contributed by atoms with E-state index in [-0.39, 0.29) is 12.6 Å². The summed E-state index contributed by atoms with van der Waals surface area (Å²) >= 11 is 0. The molecule has 0 spiro atoms. The average molecular weight is 197 g/mol. The molecule has 0 fully saturated rings. The van der Waals surface area contributed by atoms with Crippen LogP contribution in [0.3, 0.4) is 0 Å². The van der Waals surface area contributed by atoms with E-state index in [1.54, 1.807) is 6.20 Å². The number of aliphatic hydroxyl groups is 1. The van der Waals surface area contributed by atoms with Gasteiger partial charge in [-0.2, -0.15) is 0 Å². The number of nitrogens with one attached hydrogen (secondary N) is 2. The van der Waals surface area contributed by atoms with Crippen molar-refractivity contribution in [2.75, 3.05) is 17.3 Å². The lowest BCUT2D eigenvalue weighted by Crippen LogP contribution is -2.23. The zero-order valence-electron chi connectivity index (χ0n) is 8.07. The first-order valence-electron chi connectivity index (χ1n) is 4.46. The van der Waals surface area contributed by atoms with Gasteiger partial charge in [0.15, 0.2) is 5.82 Å². The van der Waals surface area contributed by atoms with Crippen molar-refractivity contribution in [3.63, 3.8) is 0 Å². The molecule has 6 heteroatoms. The maximum Gasteiger partial charge on any atom is 0.160 e. The average Bonchev–Trinajstić information content (AvgIpc) is 2.26. The predicted octanol–water partition coefficient (Wildman–Crippen LogP) is -0.0550. The minimum atomic E-state index is -0.00248. The van der Waals surface area contributed by atoms with Crippen molar-refractivity contribution in [1.29, 1.82) is 0 Å². The first kappa shape index (κ1) is 10.7. The van der Waals surface area contributed by atoms with Crippen LogP contribution in [0.1, 0.15) is 13.3 Å². The van der Waals surface area contributed by atoms with Gasteiger partial charge in [-0.3, -0.25) is 4.98 Å². The summed E-state index contributed by atoms with van der Waals surface area (Å²) in [5, 5.41) is 12.0. The van der Waals surface area contributed by atoms with Crippen molar-refractivity contribution in [3.05, 3.63) is 12.4 Å². The molecule has 0 aliphatic heterocycles. The molecule has 0 aliphatic carbocycles. The normalized spacial score (nSPS) is 12.2. The topological polar surface area (TPSA) is 96.1 Å². The number of aromatic nitrogens is 2. The third-order valence-electron chi connectivity index (χ3n) is 1.85. The number of nitrogen functional groups attached to an aromatic ring is 1. The highest BCUT2D eigenvalue weighted by Gasteiger charge is 2.05. The van der Waals surface area contributed by atoms with Crippen molar-refractivity contribution in [1.82, 2.24) is 9.97 Å². The summed E-state index contributed by atoms with van der Waals surface area (Å²) in [6, 6.07) is -0.00248. The van der Waals surface area contributed by atoms with Gasteiger partial charge in [0.1, 0.15) is 5.82 Å². The smallest absolute Gasteiger partial charge is 0.160 e. The Bertz CT molecular complexity index is 276. The molecule has 1 atom stereocenters. The van der Waals surface area contributed by atoms with Crippen molar-refractivity contribution in [2.24, 2.45) is 5.84 Å². The number of nitrogens with zero attached hydrogens (tertiary/aromatic N) is 2. The van der Waals surface area contributed by atoms with Crippen LogP contribution in [-0.2, 0) is 0 Å². The van der Waals surface area contributed by atoms with Crippen molar-refractivity contribution in [2.45, 2.75) is 19.4 Å². The van der Waals surface area contributed by atoms with Crippen LogP contribution in [0, 0.1) is 0 Å². The van der Waals surface area contributed by atoms with Crippen LogP contribution in [0.15, 0.2) is 12.4 Å². The SMILES string of the molecule is CCC(CO)Nc1cncc(NN)n1. The summed E-state index contributed by atoms with van der Waals surface area (Å²) in [5.74, 6) is 6.27. The van der Waals surface area contributed by atoms with Gasteiger partial charge in [0.2, 0.25) is 0 Å². The monoisotopic (exact) mass is 197 g/mol. The van der Waals surface area contributed by atoms with Crippen LogP contribution >= 0.6 is 0 Å². The molecule has 6 nitrogen and oxygen atoms in total. The third kappa shape index (κ3) is 2.82. The molecule has 1 heterocycles. The molecule has 0 amide bonds. The molecule has 0 saturated heterocycles. The van der Waals surface area contributed by atoms with Gasteiger partial charge in [-0.05, 0) is 6.42 Å². The van der Waals surface area contributed by atoms with E-state index in [1.807, 2.05) is 6.92 Å². The number of aliphatic hydroxyl groups excluding tert-OH is 1. The van der Waals surface area contributed by atoms with Gasteiger partial charge < -0.3 is 15.8 Å². The van der Waals surface area contributed by atoms with Gasteiger partial charge in [0.25, 0.3) is 0 Å². The molecule has 0 saturated carbocycles. The minimum absolute atomic E-state index is 0.00248. The number of hydrogen-bond donors (Lipinski definition) is 4. The van der Waals surface area contributed by atoms with E-state index in [4.69, 9.17) is 10.9 Å². The molecule has 5 N–H and O–H groups in total. The van der Waals surface area contributed by atoms with Crippen LogP contribution in [-0.4, -0.2) is 27.7 Å². The van der Waals surface area contributed by atoms with E-state index in [2.05, 4.69) is 20.7 Å². The third-order valence-corrected chi connectivity index (χ3v) is 1.85. The highest BCUT2D eigenvalue weighted by molar-refractivity contribution is 5.41. The summed E-state index contributed by atoms with van der Waals surface area (Å²) < 4.78 is 0. The van der Waals surface area contributed by atoms with Crippen molar-refractivity contribution >= 4 is 11.6 Å². The Balaban J connectivity index is 2.65. The Morgan fingerprint density at radius 3 is 2.79 bits per heavy atom. The minimum Gasteiger partial charge on any atom is -0.394 e. The summed E-state index contributed by atoms with van der Waals surface area (Å²) in [5.41, 5.74) is 2.40. The van der Waals surface area contributed by atoms with Crippen LogP contribution in [0.25, 0.3) is 0 Å². The highest BCUT2D eigenvalue weighted by Crippen LogP contribution is 2.07. The predicted molar refractivity (Wildman–Crippen MR) is 54.6 cm³/mol. The largest absolute Gasteiger partial charge is 0.394 e. The second-order valence-electron chi connectivity index (χ2n) is 2.87. The fourth-order valence-electron chi connectivity index (χ4n) is 0.991. The Labute approximate surface area is 82.5 Å². The second-order valence-corrected chi connectivity index (χ2v) is 2.87. The summed E-state index contributed by atoms with van der Waals surface area (Å²) in [7, 11) is 0. The Morgan fingerprint density at radius 2 is 2.21 bits per heavy atom. The van der Waals surface area contributed by atoms with Gasteiger partial charge in [0.05, 0.1) is 25.0 Å². The lowest BCUT2D eigenvalue weighted by molar-refractivity contribution is 0.271. The molecule has 0 aromatic carbocycles. The fraction of sp³-hybridized carbons (Fsp3) is 0.500. The lowest BCUT2D eigenvalue weighted by Gasteiger charge is -2.14. The van der Waals surface area contributed by atoms with E-state index in [0.29, 0.717) is 11.6 Å². The first-order chi connectivity index (χ1) is 6.80. The van der Waals surface area contributed by atoms with Crippen LogP contribution in [0.4, 0.5) is 11.6 Å². The fourth-order valence-corrected chi connectivity index (χ4v) is 0.991. The zero-order valence-corrected chi connectivity index (χ0v) is 8.07. The lowest BCUT2D eigenvalue weighted by atomic mass is 10.2. The number of hydrogen-bond acceptors (Lipinski definition) is 6. The molecule has 1 aromatic rings. The number of nitrogens with two attached hydrogens (primary N) is 1. The molecule has 78 valence electrons. The van der Waals surface area contributed by atoms with Gasteiger partial charge in [-0.1, -0.05) is 6.92 Å². The summed E-state index contributed by atoms with van der Waals surface area (Å²) in [6.07, 6.45) is 3.92. The van der Waals surface area contributed by atoms with Crippen molar-refractivity contribution in [3.8, 4) is 0 Å². The maximum absolute atomic E-state index is 8.96. The number of anilines is 2. The van der Waals surface area contributed by atoms with Crippen LogP contribution in [0.2, 0.25) is 0 Å². The Kier molecular flexibility index (Phi) is 4.09. The Hall–Kier alpha value is -1.40. The Morgan fingerprint density at radius 1 is 1.50 bits per heavy atom. The summed E-state index contributed by atoms with van der Waals surface area (Å²) in [4.78, 5) is 8.03. The maximum atomic E-state index is 8.96. The van der Waals surface area contributed by atoms with Gasteiger partial charge >= 0.3 is 0 Å². The van der Waals surface area contributed by atoms with E-state index in [0.717, 1.165) is 6.42 Å². The van der Waals surface area contributed by atoms with E-state index in [1.165, 1.54) is 6.20 Å². The summed E-state index contributed by atoms with van der Waals surface area (Å²) in [6.45, 7) is 2.05. The highest BCUT2D eigenvalue weighted by atomic mass is 16.3. The molecule has 1 aromatic heterocycles. The molecule has 0 aliphatic rings. The quantitative estimate of drug-likeness (QED) is 0.390. The molecule has 1 rings (SSSR count). The van der Waals surface area contributed by atoms with E-state index < -0.39 is 0 Å². The number of hydrazine groups is 1. The van der Waals surface area contributed by atoms with Gasteiger partial charge in [0, 0.05) is 0 Å². The van der Waals surface area contributed by atoms with Gasteiger partial charge in [-0.25, -0.2) is 10.8 Å². The molecule has 14 heavy (non-hydrogen) atoms. The second kappa shape index (κ2) is 5.36. The van der Waals surface area contributed by atoms with Crippen molar-refractivity contribution < 1.29 is 5.11 Å². The molecular weight excluding hydrogens is 182 g/mol. The zero-order chi connectivity index (χ0) is 10.4. The molecule has 0 radical (unpaired) electrons. The van der Waals surface area contributed by atoms with Crippen LogP contribution < -0.4 is 16.6 Å². The molecule has 1 unspecified atom stereocenters. The number of rotatable bonds is 5. The molecular formula is C8H15N5O. The van der Waals surface area contributed by atoms with E-state index >= 15 is 0 Å².